The van der Waals surface area contributed by atoms with Crippen LogP contribution in [0.15, 0.2) is 46.9 Å². The molecule has 3 nitrogen and oxygen atoms in total. The first kappa shape index (κ1) is 15.0. The zero-order valence-electron chi connectivity index (χ0n) is 11.7. The van der Waals surface area contributed by atoms with E-state index in [1.54, 1.807) is 0 Å². The summed E-state index contributed by atoms with van der Waals surface area (Å²) in [6.07, 6.45) is 0. The maximum absolute atomic E-state index is 5.77. The fraction of sp³-hybridized carbons (Fsp3) is 0.250. The lowest BCUT2D eigenvalue weighted by Crippen LogP contribution is -2.29. The van der Waals surface area contributed by atoms with Gasteiger partial charge in [0, 0.05) is 4.47 Å². The number of nitrogens with one attached hydrogen (secondary N) is 1. The van der Waals surface area contributed by atoms with E-state index in [0.717, 1.165) is 21.3 Å². The Morgan fingerprint density at radius 3 is 2.70 bits per heavy atom. The summed E-state index contributed by atoms with van der Waals surface area (Å²) in [7, 11) is 0. The summed E-state index contributed by atoms with van der Waals surface area (Å²) in [5.74, 6) is 6.62. The molecule has 0 heterocycles. The lowest BCUT2D eigenvalue weighted by molar-refractivity contribution is 0.339. The zero-order chi connectivity index (χ0) is 14.5. The van der Waals surface area contributed by atoms with Gasteiger partial charge >= 0.3 is 0 Å². The third-order valence-electron chi connectivity index (χ3n) is 3.20. The second-order valence-corrected chi connectivity index (χ2v) is 5.38. The summed E-state index contributed by atoms with van der Waals surface area (Å²) >= 11 is 3.64. The Bertz CT molecular complexity index is 586. The van der Waals surface area contributed by atoms with Crippen molar-refractivity contribution in [2.24, 2.45) is 5.84 Å². The minimum Gasteiger partial charge on any atom is -0.494 e. The number of ether oxygens (including phenoxy) is 1. The van der Waals surface area contributed by atoms with E-state index in [2.05, 4.69) is 40.4 Å². The molecule has 0 saturated carbocycles. The highest BCUT2D eigenvalue weighted by molar-refractivity contribution is 9.10. The van der Waals surface area contributed by atoms with E-state index in [0.29, 0.717) is 6.61 Å². The van der Waals surface area contributed by atoms with Crippen LogP contribution in [0, 0.1) is 6.92 Å². The van der Waals surface area contributed by atoms with Crippen LogP contribution >= 0.6 is 15.9 Å². The molecule has 1 atom stereocenters. The van der Waals surface area contributed by atoms with Crippen LogP contribution in [-0.4, -0.2) is 6.61 Å². The molecule has 2 rings (SSSR count). The first-order valence-electron chi connectivity index (χ1n) is 6.61. The fourth-order valence-corrected chi connectivity index (χ4v) is 2.70. The number of hydrazine groups is 1. The molecule has 20 heavy (non-hydrogen) atoms. The van der Waals surface area contributed by atoms with Crippen molar-refractivity contribution in [1.29, 1.82) is 0 Å². The van der Waals surface area contributed by atoms with E-state index < -0.39 is 0 Å². The quantitative estimate of drug-likeness (QED) is 0.647. The first-order valence-corrected chi connectivity index (χ1v) is 7.40. The molecule has 0 saturated heterocycles. The van der Waals surface area contributed by atoms with Crippen LogP contribution in [-0.2, 0) is 0 Å². The van der Waals surface area contributed by atoms with Gasteiger partial charge in [-0.2, -0.15) is 0 Å². The molecule has 0 fully saturated rings. The number of benzene rings is 2. The normalized spacial score (nSPS) is 12.2. The predicted molar refractivity (Wildman–Crippen MR) is 85.7 cm³/mol. The van der Waals surface area contributed by atoms with E-state index in [1.165, 1.54) is 5.56 Å². The van der Waals surface area contributed by atoms with Gasteiger partial charge in [-0.25, -0.2) is 5.43 Å². The largest absolute Gasteiger partial charge is 0.494 e. The van der Waals surface area contributed by atoms with E-state index in [4.69, 9.17) is 10.6 Å². The van der Waals surface area contributed by atoms with E-state index in [1.807, 2.05) is 37.3 Å². The highest BCUT2D eigenvalue weighted by Crippen LogP contribution is 2.31. The Balaban J connectivity index is 2.41. The molecule has 0 bridgehead atoms. The number of aryl methyl sites for hydroxylation is 1. The van der Waals surface area contributed by atoms with Gasteiger partial charge in [-0.05, 0) is 42.7 Å². The number of rotatable bonds is 5. The number of halogens is 1. The summed E-state index contributed by atoms with van der Waals surface area (Å²) in [5, 5.41) is 0. The SMILES string of the molecule is CCOc1cccc(C(NN)c2cccc(C)c2Br)c1. The van der Waals surface area contributed by atoms with Crippen molar-refractivity contribution in [3.05, 3.63) is 63.6 Å². The molecule has 0 amide bonds. The van der Waals surface area contributed by atoms with Gasteiger partial charge in [-0.1, -0.05) is 46.3 Å². The molecule has 106 valence electrons. The maximum Gasteiger partial charge on any atom is 0.119 e. The highest BCUT2D eigenvalue weighted by Gasteiger charge is 2.16. The molecular formula is C16H19BrN2O. The third kappa shape index (κ3) is 3.20. The van der Waals surface area contributed by atoms with Gasteiger partial charge in [-0.15, -0.1) is 0 Å². The first-order chi connectivity index (χ1) is 9.67. The predicted octanol–water partition coefficient (Wildman–Crippen LogP) is 3.71. The lowest BCUT2D eigenvalue weighted by Gasteiger charge is -2.20. The molecule has 1 unspecified atom stereocenters. The van der Waals surface area contributed by atoms with Crippen LogP contribution in [0.5, 0.6) is 5.75 Å². The average molecular weight is 335 g/mol. The molecular weight excluding hydrogens is 316 g/mol. The Morgan fingerprint density at radius 2 is 2.00 bits per heavy atom. The van der Waals surface area contributed by atoms with Gasteiger partial charge in [0.05, 0.1) is 12.6 Å². The van der Waals surface area contributed by atoms with Crippen LogP contribution in [0.4, 0.5) is 0 Å². The Morgan fingerprint density at radius 1 is 1.25 bits per heavy atom. The summed E-state index contributed by atoms with van der Waals surface area (Å²) in [5.41, 5.74) is 6.26. The zero-order valence-corrected chi connectivity index (χ0v) is 13.3. The van der Waals surface area contributed by atoms with Gasteiger partial charge in [0.1, 0.15) is 5.75 Å². The van der Waals surface area contributed by atoms with Crippen LogP contribution in [0.1, 0.15) is 29.7 Å². The Kier molecular flexibility index (Phi) is 5.17. The van der Waals surface area contributed by atoms with E-state index in [-0.39, 0.29) is 6.04 Å². The molecule has 2 aromatic rings. The van der Waals surface area contributed by atoms with Gasteiger partial charge in [0.25, 0.3) is 0 Å². The summed E-state index contributed by atoms with van der Waals surface area (Å²) in [6.45, 7) is 4.69. The monoisotopic (exact) mass is 334 g/mol. The molecule has 0 aliphatic heterocycles. The average Bonchev–Trinajstić information content (AvgIpc) is 2.45. The van der Waals surface area contributed by atoms with Gasteiger partial charge < -0.3 is 4.74 Å². The number of nitrogens with two attached hydrogens (primary N) is 1. The van der Waals surface area contributed by atoms with Crippen molar-refractivity contribution in [2.75, 3.05) is 6.61 Å². The highest BCUT2D eigenvalue weighted by atomic mass is 79.9. The van der Waals surface area contributed by atoms with Crippen molar-refractivity contribution in [3.8, 4) is 5.75 Å². The third-order valence-corrected chi connectivity index (χ3v) is 4.29. The fourth-order valence-electron chi connectivity index (χ4n) is 2.21. The number of hydrogen-bond acceptors (Lipinski definition) is 3. The molecule has 0 spiro atoms. The Hall–Kier alpha value is -1.36. The van der Waals surface area contributed by atoms with Crippen molar-refractivity contribution in [1.82, 2.24) is 5.43 Å². The summed E-state index contributed by atoms with van der Waals surface area (Å²) in [4.78, 5) is 0. The second kappa shape index (κ2) is 6.88. The van der Waals surface area contributed by atoms with Crippen molar-refractivity contribution < 1.29 is 4.74 Å². The molecule has 3 N–H and O–H groups in total. The Labute approximate surface area is 128 Å². The van der Waals surface area contributed by atoms with Crippen LogP contribution in [0.25, 0.3) is 0 Å². The second-order valence-electron chi connectivity index (χ2n) is 4.58. The van der Waals surface area contributed by atoms with Crippen LogP contribution in [0.2, 0.25) is 0 Å². The topological polar surface area (TPSA) is 47.3 Å². The van der Waals surface area contributed by atoms with E-state index >= 15 is 0 Å². The molecule has 0 radical (unpaired) electrons. The molecule has 2 aromatic carbocycles. The summed E-state index contributed by atoms with van der Waals surface area (Å²) < 4.78 is 6.62. The minimum atomic E-state index is -0.0790. The van der Waals surface area contributed by atoms with Crippen molar-refractivity contribution in [3.63, 3.8) is 0 Å². The van der Waals surface area contributed by atoms with Gasteiger partial charge in [-0.3, -0.25) is 5.84 Å². The lowest BCUT2D eigenvalue weighted by atomic mass is 9.98. The van der Waals surface area contributed by atoms with Crippen molar-refractivity contribution >= 4 is 15.9 Å². The molecule has 0 aromatic heterocycles. The molecule has 0 aliphatic carbocycles. The van der Waals surface area contributed by atoms with Crippen LogP contribution < -0.4 is 16.0 Å². The molecule has 4 heteroatoms. The maximum atomic E-state index is 5.77. The van der Waals surface area contributed by atoms with Gasteiger partial charge in [0.2, 0.25) is 0 Å². The summed E-state index contributed by atoms with van der Waals surface area (Å²) in [6, 6.07) is 14.1. The smallest absolute Gasteiger partial charge is 0.119 e. The van der Waals surface area contributed by atoms with Gasteiger partial charge in [0.15, 0.2) is 0 Å². The minimum absolute atomic E-state index is 0.0790. The van der Waals surface area contributed by atoms with Crippen LogP contribution in [0.3, 0.4) is 0 Å². The van der Waals surface area contributed by atoms with E-state index in [9.17, 15) is 0 Å². The molecule has 0 aliphatic rings. The number of hydrogen-bond donors (Lipinski definition) is 2. The standard InChI is InChI=1S/C16H19BrN2O/c1-3-20-13-8-5-7-12(10-13)16(19-18)14-9-4-6-11(2)15(14)17/h4-10,16,19H,3,18H2,1-2H3. The van der Waals surface area contributed by atoms with Crippen molar-refractivity contribution in [2.45, 2.75) is 19.9 Å².